The van der Waals surface area contributed by atoms with Crippen molar-refractivity contribution in [3.05, 3.63) is 59.4 Å². The van der Waals surface area contributed by atoms with Crippen molar-refractivity contribution in [3.8, 4) is 0 Å². The normalized spacial score (nSPS) is 22.5. The van der Waals surface area contributed by atoms with Crippen molar-refractivity contribution in [2.45, 2.75) is 49.6 Å². The molecule has 5 nitrogen and oxygen atoms in total. The van der Waals surface area contributed by atoms with Crippen LogP contribution in [0.2, 0.25) is 0 Å². The zero-order valence-electron chi connectivity index (χ0n) is 18.1. The highest BCUT2D eigenvalue weighted by molar-refractivity contribution is 7.91. The highest BCUT2D eigenvalue weighted by atomic mass is 32.2. The molecular weight excluding hydrogens is 453 g/mol. The second kappa shape index (κ2) is 9.44. The maximum absolute atomic E-state index is 12.9. The molecule has 3 unspecified atom stereocenters. The Bertz CT molecular complexity index is 1120. The molecule has 33 heavy (non-hydrogen) atoms. The van der Waals surface area contributed by atoms with Crippen LogP contribution in [0.3, 0.4) is 0 Å². The molecule has 1 aromatic carbocycles. The number of aryl methyl sites for hydroxylation is 1. The quantitative estimate of drug-likeness (QED) is 0.596. The lowest BCUT2D eigenvalue weighted by Gasteiger charge is -2.22. The van der Waals surface area contributed by atoms with Crippen molar-refractivity contribution < 1.29 is 26.4 Å². The molecule has 2 aromatic rings. The third-order valence-electron chi connectivity index (χ3n) is 6.89. The number of nitrogens with one attached hydrogen (secondary N) is 1. The van der Waals surface area contributed by atoms with E-state index in [1.54, 1.807) is 18.3 Å². The third-order valence-corrected chi connectivity index (χ3v) is 8.69. The lowest BCUT2D eigenvalue weighted by atomic mass is 9.89. The van der Waals surface area contributed by atoms with Gasteiger partial charge in [-0.25, -0.2) is 8.42 Å². The van der Waals surface area contributed by atoms with Gasteiger partial charge in [0, 0.05) is 12.7 Å². The monoisotopic (exact) mass is 480 g/mol. The van der Waals surface area contributed by atoms with Gasteiger partial charge in [-0.3, -0.25) is 9.78 Å². The van der Waals surface area contributed by atoms with E-state index in [-0.39, 0.29) is 29.4 Å². The second-order valence-corrected chi connectivity index (χ2v) is 11.2. The van der Waals surface area contributed by atoms with E-state index in [1.807, 2.05) is 0 Å². The predicted octanol–water partition coefficient (Wildman–Crippen LogP) is 4.67. The fourth-order valence-corrected chi connectivity index (χ4v) is 6.56. The molecule has 1 aromatic heterocycles. The number of halogens is 3. The van der Waals surface area contributed by atoms with E-state index in [1.165, 1.54) is 25.3 Å². The van der Waals surface area contributed by atoms with E-state index in [0.717, 1.165) is 24.5 Å². The van der Waals surface area contributed by atoms with Crippen molar-refractivity contribution in [1.82, 2.24) is 10.3 Å². The van der Waals surface area contributed by atoms with E-state index in [4.69, 9.17) is 0 Å². The molecule has 1 N–H and O–H groups in total. The standard InChI is InChI=1S/C24H27F3N2O3S/c25-24(26,27)19-4-1-5-20(14-19)33(31,32)11-3-7-22-21(6-2-10-28-22)23(30)29-15-18-13-16-8-9-17(18)12-16/h1-2,4-6,10,14,16-18H,3,7-9,11-13,15H2,(H,29,30). The minimum absolute atomic E-state index is 0.141. The van der Waals surface area contributed by atoms with Crippen molar-refractivity contribution in [1.29, 1.82) is 0 Å². The molecule has 2 saturated carbocycles. The largest absolute Gasteiger partial charge is 0.416 e. The van der Waals surface area contributed by atoms with E-state index >= 15 is 0 Å². The molecule has 1 heterocycles. The zero-order chi connectivity index (χ0) is 23.6. The summed E-state index contributed by atoms with van der Waals surface area (Å²) < 4.78 is 63.9. The summed E-state index contributed by atoms with van der Waals surface area (Å²) in [6.07, 6.45) is 2.27. The molecule has 0 saturated heterocycles. The molecule has 2 bridgehead atoms. The van der Waals surface area contributed by atoms with Crippen LogP contribution >= 0.6 is 0 Å². The minimum atomic E-state index is -4.61. The maximum atomic E-state index is 12.9. The Hall–Kier alpha value is -2.42. The van der Waals surface area contributed by atoms with Crippen molar-refractivity contribution >= 4 is 15.7 Å². The smallest absolute Gasteiger partial charge is 0.352 e. The number of carbonyl (C=O) groups is 1. The summed E-state index contributed by atoms with van der Waals surface area (Å²) in [5.41, 5.74) is -0.0953. The highest BCUT2D eigenvalue weighted by Gasteiger charge is 2.39. The molecule has 0 radical (unpaired) electrons. The number of benzene rings is 1. The third kappa shape index (κ3) is 5.57. The number of alkyl halides is 3. The number of hydrogen-bond acceptors (Lipinski definition) is 4. The average Bonchev–Trinajstić information content (AvgIpc) is 3.41. The van der Waals surface area contributed by atoms with Gasteiger partial charge < -0.3 is 5.32 Å². The highest BCUT2D eigenvalue weighted by Crippen LogP contribution is 2.47. The van der Waals surface area contributed by atoms with E-state index in [0.29, 0.717) is 35.7 Å². The first-order valence-corrected chi connectivity index (χ1v) is 12.9. The summed E-state index contributed by atoms with van der Waals surface area (Å²) in [4.78, 5) is 16.7. The van der Waals surface area contributed by atoms with E-state index in [2.05, 4.69) is 10.3 Å². The van der Waals surface area contributed by atoms with Gasteiger partial charge in [-0.15, -0.1) is 0 Å². The Labute approximate surface area is 191 Å². The van der Waals surface area contributed by atoms with E-state index < -0.39 is 21.6 Å². The molecule has 1 amide bonds. The number of carbonyl (C=O) groups excluding carboxylic acids is 1. The van der Waals surface area contributed by atoms with Crippen LogP contribution in [-0.4, -0.2) is 31.6 Å². The summed E-state index contributed by atoms with van der Waals surface area (Å²) in [6.45, 7) is 0.637. The lowest BCUT2D eigenvalue weighted by molar-refractivity contribution is -0.137. The molecule has 3 atom stereocenters. The lowest BCUT2D eigenvalue weighted by Crippen LogP contribution is -2.32. The Morgan fingerprint density at radius 1 is 1.12 bits per heavy atom. The van der Waals surface area contributed by atoms with Gasteiger partial charge in [0.15, 0.2) is 9.84 Å². The number of pyridine rings is 1. The topological polar surface area (TPSA) is 76.1 Å². The summed E-state index contributed by atoms with van der Waals surface area (Å²) in [5.74, 6) is 1.46. The van der Waals surface area contributed by atoms with Crippen LogP contribution < -0.4 is 5.32 Å². The van der Waals surface area contributed by atoms with Gasteiger partial charge in [0.25, 0.3) is 5.91 Å². The Morgan fingerprint density at radius 2 is 1.94 bits per heavy atom. The summed E-state index contributed by atoms with van der Waals surface area (Å²) in [6, 6.07) is 7.08. The molecule has 0 aliphatic heterocycles. The van der Waals surface area contributed by atoms with Crippen molar-refractivity contribution in [2.75, 3.05) is 12.3 Å². The second-order valence-electron chi connectivity index (χ2n) is 9.09. The van der Waals surface area contributed by atoms with Crippen LogP contribution in [0.4, 0.5) is 13.2 Å². The molecule has 2 fully saturated rings. The Balaban J connectivity index is 1.35. The Morgan fingerprint density at radius 3 is 2.64 bits per heavy atom. The van der Waals surface area contributed by atoms with Gasteiger partial charge in [-0.05, 0) is 80.2 Å². The van der Waals surface area contributed by atoms with Gasteiger partial charge in [-0.1, -0.05) is 12.5 Å². The molecule has 2 aliphatic carbocycles. The summed E-state index contributed by atoms with van der Waals surface area (Å²) in [7, 11) is -3.90. The Kier molecular flexibility index (Phi) is 6.79. The molecule has 9 heteroatoms. The molecular formula is C24H27F3N2O3S. The number of hydrogen-bond donors (Lipinski definition) is 1. The van der Waals surface area contributed by atoms with Crippen molar-refractivity contribution in [2.24, 2.45) is 17.8 Å². The number of rotatable bonds is 8. The van der Waals surface area contributed by atoms with Crippen molar-refractivity contribution in [3.63, 3.8) is 0 Å². The van der Waals surface area contributed by atoms with Gasteiger partial charge >= 0.3 is 6.18 Å². The van der Waals surface area contributed by atoms with Gasteiger partial charge in [-0.2, -0.15) is 13.2 Å². The van der Waals surface area contributed by atoms with Gasteiger partial charge in [0.1, 0.15) is 0 Å². The zero-order valence-corrected chi connectivity index (χ0v) is 19.0. The number of sulfone groups is 1. The van der Waals surface area contributed by atoms with Gasteiger partial charge in [0.2, 0.25) is 0 Å². The predicted molar refractivity (Wildman–Crippen MR) is 117 cm³/mol. The first kappa shape index (κ1) is 23.7. The van der Waals surface area contributed by atoms with Crippen LogP contribution in [0.15, 0.2) is 47.5 Å². The number of nitrogens with zero attached hydrogens (tertiary/aromatic N) is 1. The summed E-state index contributed by atoms with van der Waals surface area (Å²) >= 11 is 0. The number of aromatic nitrogens is 1. The fourth-order valence-electron chi connectivity index (χ4n) is 5.20. The number of amides is 1. The fraction of sp³-hybridized carbons (Fsp3) is 0.500. The SMILES string of the molecule is O=C(NCC1CC2CCC1C2)c1cccnc1CCCS(=O)(=O)c1cccc(C(F)(F)F)c1. The first-order valence-electron chi connectivity index (χ1n) is 11.3. The van der Waals surface area contributed by atoms with Crippen LogP contribution in [0.5, 0.6) is 0 Å². The maximum Gasteiger partial charge on any atom is 0.416 e. The average molecular weight is 481 g/mol. The van der Waals surface area contributed by atoms with Crippen LogP contribution in [0.1, 0.15) is 53.7 Å². The van der Waals surface area contributed by atoms with Crippen LogP contribution in [0, 0.1) is 17.8 Å². The van der Waals surface area contributed by atoms with Crippen LogP contribution in [0.25, 0.3) is 0 Å². The molecule has 178 valence electrons. The minimum Gasteiger partial charge on any atom is -0.352 e. The molecule has 4 rings (SSSR count). The first-order chi connectivity index (χ1) is 15.6. The molecule has 0 spiro atoms. The van der Waals surface area contributed by atoms with Crippen LogP contribution in [-0.2, 0) is 22.4 Å². The number of fused-ring (bicyclic) bond motifs is 2. The molecule has 2 aliphatic rings. The van der Waals surface area contributed by atoms with Gasteiger partial charge in [0.05, 0.1) is 27.5 Å². The van der Waals surface area contributed by atoms with E-state index in [9.17, 15) is 26.4 Å². The summed E-state index contributed by atoms with van der Waals surface area (Å²) in [5, 5.41) is 3.02.